The molecule has 0 aromatic heterocycles. The van der Waals surface area contributed by atoms with E-state index in [0.717, 1.165) is 4.90 Å². The Morgan fingerprint density at radius 2 is 1.57 bits per heavy atom. The zero-order valence-corrected chi connectivity index (χ0v) is 29.0. The molecular weight excluding hydrogens is 734 g/mol. The molecular formula is C30H41Br2N5O9. The number of carbonyl (C=O) groups is 6. The predicted octanol–water partition coefficient (Wildman–Crippen LogP) is 2.08. The summed E-state index contributed by atoms with van der Waals surface area (Å²) in [5, 5.41) is 17.3. The number of hydrogen-bond acceptors (Lipinski definition) is 9. The summed E-state index contributed by atoms with van der Waals surface area (Å²) in [6.07, 6.45) is 0.552. The molecule has 0 spiro atoms. The van der Waals surface area contributed by atoms with Gasteiger partial charge in [-0.05, 0) is 68.3 Å². The zero-order valence-electron chi connectivity index (χ0n) is 25.8. The monoisotopic (exact) mass is 773 g/mol. The molecule has 2 rings (SSSR count). The summed E-state index contributed by atoms with van der Waals surface area (Å²) in [5.41, 5.74) is 6.31. The van der Waals surface area contributed by atoms with Crippen molar-refractivity contribution in [2.45, 2.75) is 52.2 Å². The number of imide groups is 1. The van der Waals surface area contributed by atoms with Gasteiger partial charge >= 0.3 is 6.03 Å². The molecule has 0 saturated heterocycles. The number of ether oxygens (including phenoxy) is 2. The Morgan fingerprint density at radius 1 is 0.957 bits per heavy atom. The average molecular weight is 775 g/mol. The predicted molar refractivity (Wildman–Crippen MR) is 176 cm³/mol. The number of halogens is 2. The van der Waals surface area contributed by atoms with E-state index in [1.54, 1.807) is 38.1 Å². The smallest absolute Gasteiger partial charge is 0.312 e. The van der Waals surface area contributed by atoms with Crippen LogP contribution in [0.5, 0.6) is 0 Å². The third kappa shape index (κ3) is 12.9. The van der Waals surface area contributed by atoms with Crippen LogP contribution in [0.2, 0.25) is 0 Å². The SMILES string of the molecule is CC(C)[C@H](NC(=O)CCOCCOCCN1C(=O)C(Br)=C(Br)C1=O)C(=O)C[C@@H](CCCNC(N)=O)C(=O)Nc1ccc(CO)cc1. The Hall–Kier alpha value is -3.18. The van der Waals surface area contributed by atoms with Crippen molar-refractivity contribution in [2.75, 3.05) is 44.8 Å². The van der Waals surface area contributed by atoms with E-state index in [9.17, 15) is 33.9 Å². The summed E-state index contributed by atoms with van der Waals surface area (Å²) >= 11 is 6.12. The van der Waals surface area contributed by atoms with Gasteiger partial charge in [0.15, 0.2) is 5.78 Å². The second kappa shape index (κ2) is 20.1. The normalized spacial score (nSPS) is 14.4. The summed E-state index contributed by atoms with van der Waals surface area (Å²) in [4.78, 5) is 75.2. The molecule has 0 bridgehead atoms. The molecule has 46 heavy (non-hydrogen) atoms. The number of hydrogen-bond donors (Lipinski definition) is 5. The minimum absolute atomic E-state index is 0.00641. The number of Topliss-reactive ketones (excluding diaryl/α,β-unsaturated/α-hetero) is 1. The Bertz CT molecular complexity index is 1250. The van der Waals surface area contributed by atoms with Gasteiger partial charge in [0, 0.05) is 31.0 Å². The number of nitrogens with zero attached hydrogens (tertiary/aromatic N) is 1. The van der Waals surface area contributed by atoms with E-state index >= 15 is 0 Å². The Kier molecular flexibility index (Phi) is 17.1. The maximum absolute atomic E-state index is 13.3. The zero-order chi connectivity index (χ0) is 34.2. The first-order chi connectivity index (χ1) is 21.8. The number of primary amides is 1. The van der Waals surface area contributed by atoms with E-state index in [0.29, 0.717) is 17.7 Å². The van der Waals surface area contributed by atoms with Crippen molar-refractivity contribution in [3.63, 3.8) is 0 Å². The Labute approximate surface area is 284 Å². The number of ketones is 1. The molecule has 0 fully saturated rings. The summed E-state index contributed by atoms with van der Waals surface area (Å²) < 4.78 is 11.2. The Morgan fingerprint density at radius 3 is 2.13 bits per heavy atom. The quantitative estimate of drug-likeness (QED) is 0.0915. The van der Waals surface area contributed by atoms with Gasteiger partial charge in [-0.3, -0.25) is 28.9 Å². The fourth-order valence-corrected chi connectivity index (χ4v) is 5.19. The number of benzene rings is 1. The second-order valence-corrected chi connectivity index (χ2v) is 12.4. The van der Waals surface area contributed by atoms with E-state index in [2.05, 4.69) is 47.8 Å². The molecule has 16 heteroatoms. The van der Waals surface area contributed by atoms with Crippen LogP contribution in [0.15, 0.2) is 33.2 Å². The van der Waals surface area contributed by atoms with Gasteiger partial charge in [-0.15, -0.1) is 0 Å². The van der Waals surface area contributed by atoms with Crippen LogP contribution in [0.3, 0.4) is 0 Å². The second-order valence-electron chi connectivity index (χ2n) is 10.8. The lowest BCUT2D eigenvalue weighted by atomic mass is 9.89. The van der Waals surface area contributed by atoms with Crippen molar-refractivity contribution in [3.8, 4) is 0 Å². The fraction of sp³-hybridized carbons (Fsp3) is 0.533. The summed E-state index contributed by atoms with van der Waals surface area (Å²) in [5.74, 6) is -2.95. The van der Waals surface area contributed by atoms with Gasteiger partial charge in [-0.25, -0.2) is 4.79 Å². The molecule has 6 N–H and O–H groups in total. The third-order valence-corrected chi connectivity index (χ3v) is 8.95. The summed E-state index contributed by atoms with van der Waals surface area (Å²) in [6, 6.07) is 5.13. The average Bonchev–Trinajstić information content (AvgIpc) is 3.20. The largest absolute Gasteiger partial charge is 0.392 e. The number of carbonyl (C=O) groups excluding carboxylic acids is 6. The van der Waals surface area contributed by atoms with E-state index < -0.39 is 35.7 Å². The highest BCUT2D eigenvalue weighted by Gasteiger charge is 2.35. The molecule has 14 nitrogen and oxygen atoms in total. The topological polar surface area (TPSA) is 206 Å². The number of nitrogens with one attached hydrogen (secondary N) is 3. The van der Waals surface area contributed by atoms with Crippen LogP contribution in [-0.2, 0) is 40.1 Å². The first-order valence-corrected chi connectivity index (χ1v) is 16.4. The maximum Gasteiger partial charge on any atom is 0.312 e. The van der Waals surface area contributed by atoms with Crippen LogP contribution in [0.1, 0.15) is 45.1 Å². The van der Waals surface area contributed by atoms with Crippen molar-refractivity contribution < 1.29 is 43.3 Å². The van der Waals surface area contributed by atoms with Crippen molar-refractivity contribution in [3.05, 3.63) is 38.8 Å². The standard InChI is InChI=1S/C30H41Br2N5O9/c1-18(2)26(36-23(40)9-12-45-14-15-46-13-11-37-28(42)24(31)25(32)29(37)43)22(39)16-20(4-3-10-34-30(33)44)27(41)35-21-7-5-19(17-38)6-8-21/h5-8,18,20,26,38H,3-4,9-17H2,1-2H3,(H,35,41)(H,36,40)(H3,33,34,44)/t20-,26+/m1/s1. The lowest BCUT2D eigenvalue weighted by Gasteiger charge is -2.24. The van der Waals surface area contributed by atoms with Crippen molar-refractivity contribution in [1.29, 1.82) is 0 Å². The highest BCUT2D eigenvalue weighted by molar-refractivity contribution is 9.14. The van der Waals surface area contributed by atoms with Gasteiger partial charge in [0.2, 0.25) is 11.8 Å². The van der Waals surface area contributed by atoms with Crippen molar-refractivity contribution in [2.24, 2.45) is 17.6 Å². The molecule has 0 saturated carbocycles. The molecule has 254 valence electrons. The molecule has 6 amide bonds. The van der Waals surface area contributed by atoms with Gasteiger partial charge in [-0.1, -0.05) is 26.0 Å². The van der Waals surface area contributed by atoms with Crippen molar-refractivity contribution >= 4 is 73.0 Å². The Balaban J connectivity index is 1.80. The first-order valence-electron chi connectivity index (χ1n) is 14.8. The van der Waals surface area contributed by atoms with Gasteiger partial charge in [-0.2, -0.15) is 0 Å². The lowest BCUT2D eigenvalue weighted by molar-refractivity contribution is -0.138. The van der Waals surface area contributed by atoms with Gasteiger partial charge in [0.25, 0.3) is 11.8 Å². The molecule has 0 radical (unpaired) electrons. The van der Waals surface area contributed by atoms with Crippen LogP contribution in [0, 0.1) is 11.8 Å². The first kappa shape index (κ1) is 39.0. The number of amides is 6. The number of aliphatic hydroxyl groups excluding tert-OH is 1. The highest BCUT2D eigenvalue weighted by atomic mass is 79.9. The van der Waals surface area contributed by atoms with Crippen LogP contribution < -0.4 is 21.7 Å². The number of aliphatic hydroxyl groups is 1. The van der Waals surface area contributed by atoms with Crippen LogP contribution in [0.4, 0.5) is 10.5 Å². The van der Waals surface area contributed by atoms with E-state index in [1.807, 2.05) is 0 Å². The van der Waals surface area contributed by atoms with Crippen LogP contribution in [-0.4, -0.2) is 91.0 Å². The van der Waals surface area contributed by atoms with Gasteiger partial charge in [0.1, 0.15) is 8.96 Å². The lowest BCUT2D eigenvalue weighted by Crippen LogP contribution is -2.45. The number of nitrogens with two attached hydrogens (primary N) is 1. The minimum atomic E-state index is -0.829. The third-order valence-electron chi connectivity index (χ3n) is 6.94. The fourth-order valence-electron chi connectivity index (χ4n) is 4.42. The maximum atomic E-state index is 13.3. The molecule has 1 aromatic rings. The minimum Gasteiger partial charge on any atom is -0.392 e. The van der Waals surface area contributed by atoms with E-state index in [-0.39, 0.29) is 92.0 Å². The molecule has 2 atom stereocenters. The number of urea groups is 1. The number of anilines is 1. The molecule has 1 aliphatic rings. The van der Waals surface area contributed by atoms with Gasteiger partial charge < -0.3 is 36.3 Å². The molecule has 0 aliphatic carbocycles. The number of rotatable bonds is 21. The molecule has 1 heterocycles. The van der Waals surface area contributed by atoms with Crippen LogP contribution in [0.25, 0.3) is 0 Å². The van der Waals surface area contributed by atoms with E-state index in [1.165, 1.54) is 0 Å². The van der Waals surface area contributed by atoms with Crippen LogP contribution >= 0.6 is 31.9 Å². The van der Waals surface area contributed by atoms with E-state index in [4.69, 9.17) is 15.2 Å². The van der Waals surface area contributed by atoms with Gasteiger partial charge in [0.05, 0.1) is 45.6 Å². The summed E-state index contributed by atoms with van der Waals surface area (Å²) in [7, 11) is 0. The molecule has 0 unspecified atom stereocenters. The highest BCUT2D eigenvalue weighted by Crippen LogP contribution is 2.29. The van der Waals surface area contributed by atoms with Crippen molar-refractivity contribution in [1.82, 2.24) is 15.5 Å². The molecule has 1 aromatic carbocycles. The molecule has 1 aliphatic heterocycles. The summed E-state index contributed by atoms with van der Waals surface area (Å²) in [6.45, 7) is 4.33.